The smallest absolute Gasteiger partial charge is 0.325 e. The second kappa shape index (κ2) is 8.60. The van der Waals surface area contributed by atoms with E-state index in [-0.39, 0.29) is 6.54 Å². The summed E-state index contributed by atoms with van der Waals surface area (Å²) in [5, 5.41) is 7.57. The minimum atomic E-state index is -1.30. The van der Waals surface area contributed by atoms with Gasteiger partial charge in [0, 0.05) is 6.20 Å². The molecule has 1 unspecified atom stereocenters. The molecule has 10 nitrogen and oxygen atoms in total. The summed E-state index contributed by atoms with van der Waals surface area (Å²) in [6.07, 6.45) is 3.03. The van der Waals surface area contributed by atoms with Crippen LogP contribution in [-0.4, -0.2) is 53.8 Å². The Morgan fingerprint density at radius 2 is 1.90 bits per heavy atom. The summed E-state index contributed by atoms with van der Waals surface area (Å²) < 4.78 is 5.10. The second-order valence-electron chi connectivity index (χ2n) is 6.74. The second-order valence-corrected chi connectivity index (χ2v) is 6.74. The number of urea groups is 1. The number of rotatable bonds is 7. The number of nitrogens with zero attached hydrogens (tertiary/aromatic N) is 2. The average Bonchev–Trinajstić information content (AvgIpc) is 2.97. The fourth-order valence-corrected chi connectivity index (χ4v) is 2.98. The highest BCUT2D eigenvalue weighted by Gasteiger charge is 2.49. The van der Waals surface area contributed by atoms with E-state index in [0.717, 1.165) is 4.90 Å². The lowest BCUT2D eigenvalue weighted by molar-refractivity contribution is -0.135. The number of ether oxygens (including phenoxy) is 1. The lowest BCUT2D eigenvalue weighted by Crippen LogP contribution is -2.44. The minimum absolute atomic E-state index is 0.312. The zero-order valence-corrected chi connectivity index (χ0v) is 16.5. The molecular weight excluding hydrogens is 390 g/mol. The number of hydrogen-bond donors (Lipinski definition) is 3. The maximum atomic E-state index is 12.9. The molecule has 0 bridgehead atoms. The fraction of sp³-hybridized carbons (Fsp3) is 0.250. The molecule has 3 N–H and O–H groups in total. The fourth-order valence-electron chi connectivity index (χ4n) is 2.98. The number of carbonyl (C=O) groups is 4. The minimum Gasteiger partial charge on any atom is -0.497 e. The number of pyridine rings is 1. The van der Waals surface area contributed by atoms with E-state index in [0.29, 0.717) is 17.0 Å². The lowest BCUT2D eigenvalue weighted by atomic mass is 9.92. The first-order valence-electron chi connectivity index (χ1n) is 9.08. The summed E-state index contributed by atoms with van der Waals surface area (Å²) in [4.78, 5) is 53.9. The normalized spacial score (nSPS) is 18.0. The van der Waals surface area contributed by atoms with Crippen LogP contribution in [0.2, 0.25) is 0 Å². The maximum absolute atomic E-state index is 12.9. The van der Waals surface area contributed by atoms with E-state index >= 15 is 0 Å². The summed E-state index contributed by atoms with van der Waals surface area (Å²) >= 11 is 0. The Balaban J connectivity index is 1.58. The summed E-state index contributed by atoms with van der Waals surface area (Å²) in [7, 11) is 1.52. The summed E-state index contributed by atoms with van der Waals surface area (Å²) in [6, 6.07) is 9.32. The molecule has 1 aliphatic rings. The molecule has 30 heavy (non-hydrogen) atoms. The van der Waals surface area contributed by atoms with Crippen LogP contribution in [0.15, 0.2) is 48.8 Å². The molecule has 2 aromatic rings. The third kappa shape index (κ3) is 4.37. The van der Waals surface area contributed by atoms with Crippen molar-refractivity contribution in [2.45, 2.75) is 12.5 Å². The van der Waals surface area contributed by atoms with Crippen molar-refractivity contribution < 1.29 is 23.9 Å². The van der Waals surface area contributed by atoms with Crippen LogP contribution >= 0.6 is 0 Å². The number of aromatic nitrogens is 1. The Morgan fingerprint density at radius 3 is 2.53 bits per heavy atom. The first-order chi connectivity index (χ1) is 14.3. The molecular formula is C20H21N5O5. The topological polar surface area (TPSA) is 130 Å². The summed E-state index contributed by atoms with van der Waals surface area (Å²) in [6.45, 7) is 0.748. The SMILES string of the molecule is COc1ccc(C2(C)NC(=O)N(CC(=O)NCC(=O)Nc3cccnc3)C2=O)cc1. The van der Waals surface area contributed by atoms with E-state index in [1.165, 1.54) is 13.3 Å². The van der Waals surface area contributed by atoms with Crippen molar-refractivity contribution in [3.63, 3.8) is 0 Å². The standard InChI is InChI=1S/C20H21N5O5/c1-20(13-5-7-15(30-2)8-6-13)18(28)25(19(29)24-20)12-17(27)22-11-16(26)23-14-4-3-9-21-10-14/h3-10H,11-12H2,1-2H3,(H,22,27)(H,23,26)(H,24,29). The molecule has 1 aromatic heterocycles. The van der Waals surface area contributed by atoms with Gasteiger partial charge in [0.15, 0.2) is 0 Å². The number of benzene rings is 1. The molecule has 1 saturated heterocycles. The van der Waals surface area contributed by atoms with E-state index in [1.807, 2.05) is 0 Å². The van der Waals surface area contributed by atoms with Crippen molar-refractivity contribution in [2.75, 3.05) is 25.5 Å². The van der Waals surface area contributed by atoms with Crippen LogP contribution < -0.4 is 20.7 Å². The molecule has 0 spiro atoms. The van der Waals surface area contributed by atoms with Gasteiger partial charge >= 0.3 is 6.03 Å². The Labute approximate surface area is 172 Å². The quantitative estimate of drug-likeness (QED) is 0.573. The third-order valence-corrected chi connectivity index (χ3v) is 4.64. The van der Waals surface area contributed by atoms with Gasteiger partial charge in [-0.15, -0.1) is 0 Å². The van der Waals surface area contributed by atoms with Gasteiger partial charge in [0.25, 0.3) is 5.91 Å². The molecule has 2 heterocycles. The zero-order chi connectivity index (χ0) is 21.7. The average molecular weight is 411 g/mol. The molecule has 5 amide bonds. The van der Waals surface area contributed by atoms with Crippen LogP contribution in [0.4, 0.5) is 10.5 Å². The molecule has 1 aliphatic heterocycles. The van der Waals surface area contributed by atoms with Crippen molar-refractivity contribution >= 4 is 29.4 Å². The Kier molecular flexibility index (Phi) is 5.95. The third-order valence-electron chi connectivity index (χ3n) is 4.64. The molecule has 0 aliphatic carbocycles. The van der Waals surface area contributed by atoms with Gasteiger partial charge in [-0.3, -0.25) is 24.3 Å². The van der Waals surface area contributed by atoms with Gasteiger partial charge < -0.3 is 20.7 Å². The molecule has 1 aromatic carbocycles. The molecule has 10 heteroatoms. The van der Waals surface area contributed by atoms with Gasteiger partial charge in [-0.25, -0.2) is 4.79 Å². The van der Waals surface area contributed by atoms with Crippen molar-refractivity contribution in [1.82, 2.24) is 20.5 Å². The van der Waals surface area contributed by atoms with Gasteiger partial charge in [-0.2, -0.15) is 0 Å². The number of hydrogen-bond acceptors (Lipinski definition) is 6. The van der Waals surface area contributed by atoms with Crippen LogP contribution in [0.5, 0.6) is 5.75 Å². The number of anilines is 1. The van der Waals surface area contributed by atoms with E-state index in [2.05, 4.69) is 20.9 Å². The number of methoxy groups -OCH3 is 1. The highest BCUT2D eigenvalue weighted by Crippen LogP contribution is 2.29. The summed E-state index contributed by atoms with van der Waals surface area (Å²) in [5.41, 5.74) is -0.261. The number of nitrogens with one attached hydrogen (secondary N) is 3. The van der Waals surface area contributed by atoms with Crippen molar-refractivity contribution in [2.24, 2.45) is 0 Å². The number of imide groups is 1. The van der Waals surface area contributed by atoms with E-state index in [1.54, 1.807) is 49.5 Å². The van der Waals surface area contributed by atoms with E-state index in [9.17, 15) is 19.2 Å². The first-order valence-corrected chi connectivity index (χ1v) is 9.08. The first kappa shape index (κ1) is 20.8. The predicted octanol–water partition coefficient (Wildman–Crippen LogP) is 0.612. The van der Waals surface area contributed by atoms with Crippen LogP contribution in [0, 0.1) is 0 Å². The van der Waals surface area contributed by atoms with Crippen LogP contribution in [0.1, 0.15) is 12.5 Å². The molecule has 1 atom stereocenters. The van der Waals surface area contributed by atoms with Gasteiger partial charge in [-0.05, 0) is 36.8 Å². The van der Waals surface area contributed by atoms with E-state index in [4.69, 9.17) is 4.74 Å². The molecule has 156 valence electrons. The highest BCUT2D eigenvalue weighted by atomic mass is 16.5. The van der Waals surface area contributed by atoms with Crippen LogP contribution in [0.25, 0.3) is 0 Å². The maximum Gasteiger partial charge on any atom is 0.325 e. The number of amides is 5. The highest BCUT2D eigenvalue weighted by molar-refractivity contribution is 6.09. The van der Waals surface area contributed by atoms with Crippen molar-refractivity contribution in [3.8, 4) is 5.75 Å². The largest absolute Gasteiger partial charge is 0.497 e. The Bertz CT molecular complexity index is 963. The zero-order valence-electron chi connectivity index (χ0n) is 16.5. The van der Waals surface area contributed by atoms with Crippen LogP contribution in [-0.2, 0) is 19.9 Å². The van der Waals surface area contributed by atoms with Gasteiger partial charge in [0.1, 0.15) is 17.8 Å². The number of carbonyl (C=O) groups excluding carboxylic acids is 4. The lowest BCUT2D eigenvalue weighted by Gasteiger charge is -2.22. The molecule has 1 fully saturated rings. The van der Waals surface area contributed by atoms with Gasteiger partial charge in [0.2, 0.25) is 11.8 Å². The van der Waals surface area contributed by atoms with Crippen molar-refractivity contribution in [3.05, 3.63) is 54.4 Å². The van der Waals surface area contributed by atoms with E-state index < -0.39 is 35.8 Å². The van der Waals surface area contributed by atoms with Gasteiger partial charge in [0.05, 0.1) is 25.5 Å². The van der Waals surface area contributed by atoms with Gasteiger partial charge in [-0.1, -0.05) is 12.1 Å². The monoisotopic (exact) mass is 411 g/mol. The predicted molar refractivity (Wildman–Crippen MR) is 106 cm³/mol. The molecule has 0 saturated carbocycles. The van der Waals surface area contributed by atoms with Crippen molar-refractivity contribution in [1.29, 1.82) is 0 Å². The summed E-state index contributed by atoms with van der Waals surface area (Å²) in [5.74, 6) is -1.05. The molecule has 0 radical (unpaired) electrons. The van der Waals surface area contributed by atoms with Crippen LogP contribution in [0.3, 0.4) is 0 Å². The molecule has 3 rings (SSSR count). The Morgan fingerprint density at radius 1 is 1.17 bits per heavy atom. The Hall–Kier alpha value is -3.95.